The molecule has 0 bridgehead atoms. The number of hydrogen-bond acceptors (Lipinski definition) is 7. The number of carbonyl (C=O) groups is 4. The van der Waals surface area contributed by atoms with Crippen LogP contribution in [0.2, 0.25) is 0 Å². The van der Waals surface area contributed by atoms with Crippen LogP contribution < -0.4 is 20.2 Å². The van der Waals surface area contributed by atoms with Crippen molar-refractivity contribution in [1.82, 2.24) is 10.4 Å². The van der Waals surface area contributed by atoms with E-state index in [-0.39, 0.29) is 5.91 Å². The van der Waals surface area contributed by atoms with Crippen molar-refractivity contribution in [2.45, 2.75) is 32.2 Å². The Morgan fingerprint density at radius 2 is 1.52 bits per heavy atom. The largest absolute Gasteiger partial charge is 0.542 e. The predicted molar refractivity (Wildman–Crippen MR) is 81.4 cm³/mol. The standard InChI is InChI=1S/C11H15N3O3.2C2HF3O2/c1-8(11(16)17)3-5-14-6-4-9(7-13-14)10(15)12-2;2*3-2(4,5)1(6)7/h4,6-8H,3,5H2,1-2H3,(H-,12,15,16,17);2*(H,6,7)/p-1/t8-;;/m0../s1. The molecule has 16 heteroatoms. The number of nitrogens with one attached hydrogen (secondary N) is 1. The summed E-state index contributed by atoms with van der Waals surface area (Å²) in [7, 11) is 1.55. The van der Waals surface area contributed by atoms with Gasteiger partial charge in [-0.2, -0.15) is 26.3 Å². The normalized spacial score (nSPS) is 11.6. The smallest absolute Gasteiger partial charge is 0.430 e. The summed E-state index contributed by atoms with van der Waals surface area (Å²) in [6.45, 7) is 2.17. The minimum Gasteiger partial charge on any atom is -0.542 e. The van der Waals surface area contributed by atoms with Crippen LogP contribution in [0, 0.1) is 5.92 Å². The van der Waals surface area contributed by atoms with Gasteiger partial charge in [-0.15, -0.1) is 0 Å². The zero-order valence-corrected chi connectivity index (χ0v) is 15.8. The third-order valence-corrected chi connectivity index (χ3v) is 2.94. The molecule has 2 N–H and O–H groups in total. The van der Waals surface area contributed by atoms with Crippen molar-refractivity contribution >= 4 is 23.8 Å². The fourth-order valence-electron chi connectivity index (χ4n) is 1.24. The molecule has 176 valence electrons. The first-order valence-corrected chi connectivity index (χ1v) is 7.80. The molecule has 0 aromatic carbocycles. The maximum atomic E-state index is 11.2. The highest BCUT2D eigenvalue weighted by Gasteiger charge is 2.29. The van der Waals surface area contributed by atoms with Crippen molar-refractivity contribution in [1.29, 1.82) is 0 Å². The molecule has 1 rings (SSSR count). The van der Waals surface area contributed by atoms with Gasteiger partial charge in [0.25, 0.3) is 5.91 Å². The van der Waals surface area contributed by atoms with Crippen LogP contribution in [-0.2, 0) is 20.9 Å². The minimum absolute atomic E-state index is 0.191. The molecule has 31 heavy (non-hydrogen) atoms. The molecular weight excluding hydrogens is 448 g/mol. The molecule has 1 amide bonds. The molecule has 0 aliphatic carbocycles. The van der Waals surface area contributed by atoms with Crippen LogP contribution in [0.15, 0.2) is 18.5 Å². The Hall–Kier alpha value is -3.46. The fraction of sp³-hybridized carbons (Fsp3) is 0.467. The first-order chi connectivity index (χ1) is 13.9. The van der Waals surface area contributed by atoms with Gasteiger partial charge < -0.3 is 30.2 Å². The molecule has 0 aliphatic heterocycles. The number of alkyl halides is 6. The van der Waals surface area contributed by atoms with Crippen molar-refractivity contribution in [2.24, 2.45) is 5.92 Å². The van der Waals surface area contributed by atoms with Gasteiger partial charge in [0.1, 0.15) is 18.1 Å². The third kappa shape index (κ3) is 14.2. The van der Waals surface area contributed by atoms with Gasteiger partial charge in [-0.05, 0) is 5.10 Å². The van der Waals surface area contributed by atoms with E-state index in [1.54, 1.807) is 30.9 Å². The molecule has 0 spiro atoms. The average molecular weight is 464 g/mol. The van der Waals surface area contributed by atoms with Gasteiger partial charge in [-0.3, -0.25) is 9.59 Å². The molecule has 0 saturated heterocycles. The summed E-state index contributed by atoms with van der Waals surface area (Å²) in [5.74, 6) is -7.42. The van der Waals surface area contributed by atoms with Crippen LogP contribution in [0.5, 0.6) is 0 Å². The molecule has 1 atom stereocenters. The quantitative estimate of drug-likeness (QED) is 0.390. The van der Waals surface area contributed by atoms with E-state index in [1.807, 2.05) is 0 Å². The lowest BCUT2D eigenvalue weighted by atomic mass is 10.1. The Morgan fingerprint density at radius 1 is 1.10 bits per heavy atom. The minimum atomic E-state index is -5.19. The highest BCUT2D eigenvalue weighted by atomic mass is 19.4. The molecule has 1 aromatic heterocycles. The predicted octanol–water partition coefficient (Wildman–Crippen LogP) is -1.56. The second-order valence-corrected chi connectivity index (χ2v) is 5.36. The number of aromatic nitrogens is 2. The molecule has 0 fully saturated rings. The molecule has 0 saturated carbocycles. The molecule has 0 radical (unpaired) electrons. The summed E-state index contributed by atoms with van der Waals surface area (Å²) in [5.41, 5.74) is 0.482. The van der Waals surface area contributed by atoms with Crippen LogP contribution in [0.3, 0.4) is 0 Å². The van der Waals surface area contributed by atoms with Gasteiger partial charge in [-0.25, -0.2) is 0 Å². The number of aliphatic carboxylic acids is 3. The Labute approximate surface area is 170 Å². The average Bonchev–Trinajstić information content (AvgIpc) is 2.65. The summed E-state index contributed by atoms with van der Waals surface area (Å²) >= 11 is 0. The van der Waals surface area contributed by atoms with Crippen molar-refractivity contribution in [3.05, 3.63) is 24.0 Å². The van der Waals surface area contributed by atoms with Crippen molar-refractivity contribution in [3.63, 3.8) is 0 Å². The van der Waals surface area contributed by atoms with E-state index >= 15 is 0 Å². The molecule has 0 unspecified atom stereocenters. The summed E-state index contributed by atoms with van der Waals surface area (Å²) in [5, 5.41) is 32.8. The lowest BCUT2D eigenvalue weighted by molar-refractivity contribution is -0.754. The number of aryl methyl sites for hydroxylation is 1. The van der Waals surface area contributed by atoms with Crippen LogP contribution in [0.25, 0.3) is 0 Å². The van der Waals surface area contributed by atoms with E-state index in [4.69, 9.17) is 24.9 Å². The monoisotopic (exact) mass is 464 g/mol. The summed E-state index contributed by atoms with van der Waals surface area (Å²) in [4.78, 5) is 39.4. The molecule has 0 aliphatic rings. The van der Waals surface area contributed by atoms with Crippen LogP contribution in [0.4, 0.5) is 26.3 Å². The third-order valence-electron chi connectivity index (χ3n) is 2.94. The summed E-state index contributed by atoms with van der Waals surface area (Å²) in [6, 6.07) is 1.65. The van der Waals surface area contributed by atoms with E-state index in [0.29, 0.717) is 18.5 Å². The maximum absolute atomic E-state index is 11.2. The molecular formula is C15H16F6N3O7-. The van der Waals surface area contributed by atoms with Gasteiger partial charge in [0.05, 0.1) is 11.5 Å². The lowest BCUT2D eigenvalue weighted by Crippen LogP contribution is -2.39. The Kier molecular flexibility index (Phi) is 12.4. The number of amides is 1. The fourth-order valence-corrected chi connectivity index (χ4v) is 1.24. The zero-order chi connectivity index (χ0) is 25.0. The van der Waals surface area contributed by atoms with Crippen molar-refractivity contribution < 1.29 is 65.5 Å². The summed E-state index contributed by atoms with van der Waals surface area (Å²) < 4.78 is 64.7. The number of carboxylic acid groups (broad SMARTS) is 3. The van der Waals surface area contributed by atoms with Crippen molar-refractivity contribution in [2.75, 3.05) is 7.05 Å². The second kappa shape index (κ2) is 13.0. The van der Waals surface area contributed by atoms with E-state index in [0.717, 1.165) is 0 Å². The zero-order valence-electron chi connectivity index (χ0n) is 15.8. The molecule has 1 aromatic rings. The summed E-state index contributed by atoms with van der Waals surface area (Å²) in [6.07, 6.45) is -6.75. The van der Waals surface area contributed by atoms with Crippen LogP contribution in [-0.4, -0.2) is 53.4 Å². The van der Waals surface area contributed by atoms with Crippen molar-refractivity contribution in [3.8, 4) is 0 Å². The Bertz CT molecular complexity index is 727. The number of hydrogen-bond donors (Lipinski definition) is 2. The number of nitrogens with zero attached hydrogens (tertiary/aromatic N) is 2. The number of rotatable bonds is 5. The Morgan fingerprint density at radius 3 is 1.77 bits per heavy atom. The first-order valence-electron chi connectivity index (χ1n) is 7.80. The molecule has 1 heterocycles. The second-order valence-electron chi connectivity index (χ2n) is 5.36. The highest BCUT2D eigenvalue weighted by Crippen LogP contribution is 2.12. The van der Waals surface area contributed by atoms with E-state index < -0.39 is 36.2 Å². The number of carboxylic acids is 3. The van der Waals surface area contributed by atoms with Gasteiger partial charge in [0.2, 0.25) is 0 Å². The van der Waals surface area contributed by atoms with Gasteiger partial charge in [0, 0.05) is 19.5 Å². The van der Waals surface area contributed by atoms with Crippen LogP contribution >= 0.6 is 0 Å². The van der Waals surface area contributed by atoms with Gasteiger partial charge in [-0.1, -0.05) is 11.6 Å². The van der Waals surface area contributed by atoms with E-state index in [2.05, 4.69) is 10.4 Å². The number of carbonyl (C=O) groups excluding carboxylic acids is 3. The van der Waals surface area contributed by atoms with Crippen LogP contribution in [0.1, 0.15) is 23.7 Å². The maximum Gasteiger partial charge on any atom is 0.430 e. The van der Waals surface area contributed by atoms with E-state index in [1.165, 1.54) is 6.20 Å². The molecule has 10 nitrogen and oxygen atoms in total. The van der Waals surface area contributed by atoms with Gasteiger partial charge >= 0.3 is 18.3 Å². The SMILES string of the molecule is CNC(=O)c1cc[n+](CC[C@H](C)C(=O)O)nc1.O=C([O-])C(F)(F)F.O=C([O-])C(F)(F)F. The topological polar surface area (TPSA) is 163 Å². The number of halogens is 6. The van der Waals surface area contributed by atoms with E-state index in [9.17, 15) is 35.9 Å². The first kappa shape index (κ1) is 29.7. The lowest BCUT2D eigenvalue weighted by Gasteiger charge is -2.03. The van der Waals surface area contributed by atoms with Gasteiger partial charge in [0.15, 0.2) is 12.7 Å². The highest BCUT2D eigenvalue weighted by molar-refractivity contribution is 5.93. The Balaban J connectivity index is 0.